The molecule has 34 heavy (non-hydrogen) atoms. The van der Waals surface area contributed by atoms with Crippen molar-refractivity contribution in [3.05, 3.63) is 87.7 Å². The standard InChI is InChI=1S/C25H22Cl2N4O3/c1-33-22-10-7-16(11-23(22)34-2)12-24-29-20-5-3-4-6-21(20)31(24)15-25(32)30-28-14-17-8-9-18(26)13-19(17)27/h3-11,13-14H,12,15H2,1-2H3,(H,30,32)/b28-14+. The van der Waals surface area contributed by atoms with Gasteiger partial charge in [0.25, 0.3) is 5.91 Å². The second-order valence-electron chi connectivity index (χ2n) is 7.43. The van der Waals surface area contributed by atoms with Gasteiger partial charge >= 0.3 is 0 Å². The zero-order chi connectivity index (χ0) is 24.1. The van der Waals surface area contributed by atoms with E-state index in [2.05, 4.69) is 10.5 Å². The molecule has 0 unspecified atom stereocenters. The van der Waals surface area contributed by atoms with Gasteiger partial charge in [0.2, 0.25) is 0 Å². The summed E-state index contributed by atoms with van der Waals surface area (Å²) < 4.78 is 12.6. The molecule has 174 valence electrons. The maximum absolute atomic E-state index is 12.7. The minimum Gasteiger partial charge on any atom is -0.493 e. The van der Waals surface area contributed by atoms with Crippen molar-refractivity contribution in [2.75, 3.05) is 14.2 Å². The predicted octanol–water partition coefficient (Wildman–Crippen LogP) is 5.10. The van der Waals surface area contributed by atoms with Crippen LogP contribution < -0.4 is 14.9 Å². The molecule has 0 radical (unpaired) electrons. The number of amides is 1. The summed E-state index contributed by atoms with van der Waals surface area (Å²) in [5.41, 5.74) is 5.84. The van der Waals surface area contributed by atoms with Crippen LogP contribution in [0.15, 0.2) is 65.8 Å². The van der Waals surface area contributed by atoms with Gasteiger partial charge in [0.05, 0.1) is 36.5 Å². The first-order valence-corrected chi connectivity index (χ1v) is 11.2. The smallest absolute Gasteiger partial charge is 0.260 e. The topological polar surface area (TPSA) is 77.7 Å². The van der Waals surface area contributed by atoms with E-state index in [0.29, 0.717) is 33.5 Å². The van der Waals surface area contributed by atoms with Crippen molar-refractivity contribution in [3.63, 3.8) is 0 Å². The number of fused-ring (bicyclic) bond motifs is 1. The molecule has 4 rings (SSSR count). The van der Waals surface area contributed by atoms with E-state index in [0.717, 1.165) is 22.4 Å². The molecule has 3 aromatic carbocycles. The van der Waals surface area contributed by atoms with Gasteiger partial charge in [0.15, 0.2) is 11.5 Å². The van der Waals surface area contributed by atoms with Crippen molar-refractivity contribution in [1.82, 2.24) is 15.0 Å². The third kappa shape index (κ3) is 5.32. The average Bonchev–Trinajstić information content (AvgIpc) is 3.17. The Balaban J connectivity index is 1.55. The number of ether oxygens (including phenoxy) is 2. The van der Waals surface area contributed by atoms with Crippen molar-refractivity contribution in [1.29, 1.82) is 0 Å². The summed E-state index contributed by atoms with van der Waals surface area (Å²) in [7, 11) is 3.19. The first kappa shape index (κ1) is 23.6. The van der Waals surface area contributed by atoms with Gasteiger partial charge in [0.1, 0.15) is 12.4 Å². The Bertz CT molecular complexity index is 1370. The minimum absolute atomic E-state index is 0.0504. The number of para-hydroxylation sites is 2. The van der Waals surface area contributed by atoms with Crippen LogP contribution in [0.25, 0.3) is 11.0 Å². The summed E-state index contributed by atoms with van der Waals surface area (Å²) in [6, 6.07) is 18.4. The zero-order valence-electron chi connectivity index (χ0n) is 18.6. The number of carbonyl (C=O) groups excluding carboxylic acids is 1. The van der Waals surface area contributed by atoms with Gasteiger partial charge in [-0.2, -0.15) is 5.10 Å². The number of halogens is 2. The first-order valence-electron chi connectivity index (χ1n) is 10.4. The minimum atomic E-state index is -0.293. The van der Waals surface area contributed by atoms with Crippen LogP contribution in [-0.4, -0.2) is 35.9 Å². The number of aromatic nitrogens is 2. The van der Waals surface area contributed by atoms with E-state index in [1.807, 2.05) is 47.0 Å². The Morgan fingerprint density at radius 1 is 1.06 bits per heavy atom. The molecule has 1 aromatic heterocycles. The molecule has 0 saturated carbocycles. The maximum Gasteiger partial charge on any atom is 0.260 e. The van der Waals surface area contributed by atoms with Crippen molar-refractivity contribution < 1.29 is 14.3 Å². The van der Waals surface area contributed by atoms with Gasteiger partial charge in [-0.05, 0) is 42.0 Å². The van der Waals surface area contributed by atoms with Gasteiger partial charge in [-0.3, -0.25) is 4.79 Å². The summed E-state index contributed by atoms with van der Waals surface area (Å²) in [5, 5.41) is 5.01. The van der Waals surface area contributed by atoms with Crippen LogP contribution in [0.3, 0.4) is 0 Å². The highest BCUT2D eigenvalue weighted by Crippen LogP contribution is 2.29. The number of rotatable bonds is 8. The van der Waals surface area contributed by atoms with Gasteiger partial charge in [-0.25, -0.2) is 10.4 Å². The normalized spacial score (nSPS) is 11.2. The molecular formula is C25H22Cl2N4O3. The van der Waals surface area contributed by atoms with Crippen LogP contribution in [-0.2, 0) is 17.8 Å². The fourth-order valence-electron chi connectivity index (χ4n) is 3.57. The van der Waals surface area contributed by atoms with Gasteiger partial charge in [0, 0.05) is 17.0 Å². The first-order chi connectivity index (χ1) is 16.5. The Kier molecular flexibility index (Phi) is 7.35. The zero-order valence-corrected chi connectivity index (χ0v) is 20.1. The Hall–Kier alpha value is -3.55. The van der Waals surface area contributed by atoms with Gasteiger partial charge < -0.3 is 14.0 Å². The molecule has 4 aromatic rings. The van der Waals surface area contributed by atoms with Crippen molar-refractivity contribution >= 4 is 46.4 Å². The SMILES string of the molecule is COc1ccc(Cc2nc3ccccc3n2CC(=O)N/N=C/c2ccc(Cl)cc2Cl)cc1OC. The summed E-state index contributed by atoms with van der Waals surface area (Å²) in [4.78, 5) is 17.5. The third-order valence-corrected chi connectivity index (χ3v) is 5.76. The molecule has 0 atom stereocenters. The van der Waals surface area contributed by atoms with E-state index in [1.54, 1.807) is 32.4 Å². The van der Waals surface area contributed by atoms with Gasteiger partial charge in [-0.1, -0.05) is 47.5 Å². The van der Waals surface area contributed by atoms with E-state index < -0.39 is 0 Å². The summed E-state index contributed by atoms with van der Waals surface area (Å²) in [6.07, 6.45) is 1.99. The lowest BCUT2D eigenvalue weighted by molar-refractivity contribution is -0.121. The number of hydrogen-bond donors (Lipinski definition) is 1. The summed E-state index contributed by atoms with van der Waals surface area (Å²) >= 11 is 12.1. The summed E-state index contributed by atoms with van der Waals surface area (Å²) in [5.74, 6) is 1.74. The van der Waals surface area contributed by atoms with Crippen molar-refractivity contribution in [2.24, 2.45) is 5.10 Å². The largest absolute Gasteiger partial charge is 0.493 e. The van der Waals surface area contributed by atoms with E-state index in [9.17, 15) is 4.79 Å². The molecule has 0 spiro atoms. The molecule has 0 aliphatic rings. The van der Waals surface area contributed by atoms with E-state index >= 15 is 0 Å². The lowest BCUT2D eigenvalue weighted by Gasteiger charge is -2.11. The van der Waals surface area contributed by atoms with E-state index in [4.69, 9.17) is 37.7 Å². The van der Waals surface area contributed by atoms with Crippen LogP contribution in [0.1, 0.15) is 17.0 Å². The quantitative estimate of drug-likeness (QED) is 0.272. The third-order valence-electron chi connectivity index (χ3n) is 5.20. The maximum atomic E-state index is 12.7. The monoisotopic (exact) mass is 496 g/mol. The van der Waals surface area contributed by atoms with E-state index in [-0.39, 0.29) is 12.5 Å². The predicted molar refractivity (Wildman–Crippen MR) is 134 cm³/mol. The Morgan fingerprint density at radius 3 is 2.62 bits per heavy atom. The molecule has 1 amide bonds. The Labute approximate surface area is 206 Å². The molecule has 0 aliphatic carbocycles. The number of methoxy groups -OCH3 is 2. The summed E-state index contributed by atoms with van der Waals surface area (Å²) in [6.45, 7) is 0.0504. The number of hydrazone groups is 1. The molecule has 0 bridgehead atoms. The molecule has 0 saturated heterocycles. The molecule has 1 heterocycles. The highest BCUT2D eigenvalue weighted by atomic mass is 35.5. The highest BCUT2D eigenvalue weighted by Gasteiger charge is 2.15. The molecule has 1 N–H and O–H groups in total. The number of imidazole rings is 1. The second kappa shape index (κ2) is 10.6. The fourth-order valence-corrected chi connectivity index (χ4v) is 4.03. The number of carbonyl (C=O) groups is 1. The van der Waals surface area contributed by atoms with Crippen LogP contribution >= 0.6 is 23.2 Å². The highest BCUT2D eigenvalue weighted by molar-refractivity contribution is 6.36. The van der Waals surface area contributed by atoms with Crippen LogP contribution in [0, 0.1) is 0 Å². The van der Waals surface area contributed by atoms with Crippen LogP contribution in [0.2, 0.25) is 10.0 Å². The van der Waals surface area contributed by atoms with E-state index in [1.165, 1.54) is 6.21 Å². The molecule has 7 nitrogen and oxygen atoms in total. The molecular weight excluding hydrogens is 475 g/mol. The van der Waals surface area contributed by atoms with Crippen molar-refractivity contribution in [2.45, 2.75) is 13.0 Å². The Morgan fingerprint density at radius 2 is 1.85 bits per heavy atom. The average molecular weight is 497 g/mol. The number of nitrogens with zero attached hydrogens (tertiary/aromatic N) is 3. The lowest BCUT2D eigenvalue weighted by Crippen LogP contribution is -2.24. The fraction of sp³-hybridized carbons (Fsp3) is 0.160. The van der Waals surface area contributed by atoms with Gasteiger partial charge in [-0.15, -0.1) is 0 Å². The second-order valence-corrected chi connectivity index (χ2v) is 8.27. The molecule has 9 heteroatoms. The lowest BCUT2D eigenvalue weighted by atomic mass is 10.1. The van der Waals surface area contributed by atoms with Crippen molar-refractivity contribution in [3.8, 4) is 11.5 Å². The number of nitrogens with one attached hydrogen (secondary N) is 1. The molecule has 0 fully saturated rings. The number of benzene rings is 3. The van der Waals surface area contributed by atoms with Crippen LogP contribution in [0.5, 0.6) is 11.5 Å². The van der Waals surface area contributed by atoms with Crippen LogP contribution in [0.4, 0.5) is 0 Å². The number of hydrogen-bond acceptors (Lipinski definition) is 5. The molecule has 0 aliphatic heterocycles.